The quantitative estimate of drug-likeness (QED) is 0.873. The molecule has 0 aliphatic carbocycles. The molecule has 3 nitrogen and oxygen atoms in total. The molecule has 4 heteroatoms. The standard InChI is InChI=1S/C17H21BrN2O/c1-17(2,3)20-11-13-7-8-16(15(18)10-13)21-12-14-6-4-5-9-19-14/h4-10,20H,11-12H2,1-3H3. The SMILES string of the molecule is CC(C)(C)NCc1ccc(OCc2ccccn2)c(Br)c1. The molecule has 0 aliphatic rings. The Balaban J connectivity index is 1.96. The van der Waals surface area contributed by atoms with Gasteiger partial charge < -0.3 is 10.1 Å². The van der Waals surface area contributed by atoms with Gasteiger partial charge in [0.05, 0.1) is 10.2 Å². The molecule has 2 aromatic rings. The molecular formula is C17H21BrN2O. The van der Waals surface area contributed by atoms with Gasteiger partial charge in [0, 0.05) is 18.3 Å². The van der Waals surface area contributed by atoms with Crippen molar-refractivity contribution in [3.8, 4) is 5.75 Å². The summed E-state index contributed by atoms with van der Waals surface area (Å²) in [4.78, 5) is 4.25. The molecule has 0 saturated heterocycles. The van der Waals surface area contributed by atoms with E-state index in [1.165, 1.54) is 5.56 Å². The van der Waals surface area contributed by atoms with Gasteiger partial charge in [-0.2, -0.15) is 0 Å². The minimum atomic E-state index is 0.112. The number of benzene rings is 1. The summed E-state index contributed by atoms with van der Waals surface area (Å²) in [7, 11) is 0. The largest absolute Gasteiger partial charge is 0.486 e. The van der Waals surface area contributed by atoms with Crippen molar-refractivity contribution in [2.45, 2.75) is 39.5 Å². The zero-order valence-corrected chi connectivity index (χ0v) is 14.3. The van der Waals surface area contributed by atoms with E-state index in [-0.39, 0.29) is 5.54 Å². The molecule has 1 heterocycles. The van der Waals surface area contributed by atoms with Crippen LogP contribution in [0.2, 0.25) is 0 Å². The molecule has 1 N–H and O–H groups in total. The number of aromatic nitrogens is 1. The zero-order chi connectivity index (χ0) is 15.3. The Morgan fingerprint density at radius 1 is 1.19 bits per heavy atom. The maximum Gasteiger partial charge on any atom is 0.134 e. The molecule has 0 aliphatic heterocycles. The lowest BCUT2D eigenvalue weighted by Crippen LogP contribution is -2.35. The summed E-state index contributed by atoms with van der Waals surface area (Å²) < 4.78 is 6.76. The lowest BCUT2D eigenvalue weighted by molar-refractivity contribution is 0.299. The van der Waals surface area contributed by atoms with Crippen LogP contribution in [0.4, 0.5) is 0 Å². The number of nitrogens with zero attached hydrogens (tertiary/aromatic N) is 1. The number of pyridine rings is 1. The number of ether oxygens (including phenoxy) is 1. The van der Waals surface area contributed by atoms with E-state index in [1.54, 1.807) is 6.20 Å². The lowest BCUT2D eigenvalue weighted by Gasteiger charge is -2.20. The molecule has 21 heavy (non-hydrogen) atoms. The van der Waals surface area contributed by atoms with Crippen LogP contribution in [0.25, 0.3) is 0 Å². The smallest absolute Gasteiger partial charge is 0.134 e. The normalized spacial score (nSPS) is 11.4. The molecule has 1 aromatic heterocycles. The fourth-order valence-corrected chi connectivity index (χ4v) is 2.31. The molecule has 0 amide bonds. The van der Waals surface area contributed by atoms with E-state index in [0.717, 1.165) is 22.5 Å². The maximum atomic E-state index is 5.79. The molecule has 1 aromatic carbocycles. The average molecular weight is 349 g/mol. The highest BCUT2D eigenvalue weighted by Gasteiger charge is 2.09. The third-order valence-corrected chi connectivity index (χ3v) is 3.54. The summed E-state index contributed by atoms with van der Waals surface area (Å²) >= 11 is 3.57. The Hall–Kier alpha value is -1.39. The van der Waals surface area contributed by atoms with Gasteiger partial charge in [-0.1, -0.05) is 12.1 Å². The summed E-state index contributed by atoms with van der Waals surface area (Å²) in [5.41, 5.74) is 2.26. The van der Waals surface area contributed by atoms with E-state index in [9.17, 15) is 0 Å². The summed E-state index contributed by atoms with van der Waals surface area (Å²) in [6.45, 7) is 7.78. The predicted molar refractivity (Wildman–Crippen MR) is 89.3 cm³/mol. The predicted octanol–water partition coefficient (Wildman–Crippen LogP) is 4.31. The van der Waals surface area contributed by atoms with Crippen LogP contribution < -0.4 is 10.1 Å². The van der Waals surface area contributed by atoms with Gasteiger partial charge in [-0.15, -0.1) is 0 Å². The number of hydrogen-bond acceptors (Lipinski definition) is 3. The Bertz CT molecular complexity index is 579. The van der Waals surface area contributed by atoms with Crippen LogP contribution in [-0.4, -0.2) is 10.5 Å². The van der Waals surface area contributed by atoms with Crippen LogP contribution in [0.15, 0.2) is 47.1 Å². The average Bonchev–Trinajstić information content (AvgIpc) is 2.44. The van der Waals surface area contributed by atoms with Crippen LogP contribution in [0.3, 0.4) is 0 Å². The van der Waals surface area contributed by atoms with Crippen molar-refractivity contribution >= 4 is 15.9 Å². The van der Waals surface area contributed by atoms with Gasteiger partial charge in [-0.05, 0) is 66.5 Å². The van der Waals surface area contributed by atoms with E-state index in [0.29, 0.717) is 6.61 Å². The van der Waals surface area contributed by atoms with E-state index in [2.05, 4.69) is 59.1 Å². The highest BCUT2D eigenvalue weighted by atomic mass is 79.9. The van der Waals surface area contributed by atoms with Gasteiger partial charge >= 0.3 is 0 Å². The Kier molecular flexibility index (Phi) is 5.37. The van der Waals surface area contributed by atoms with Gasteiger partial charge in [-0.25, -0.2) is 0 Å². The summed E-state index contributed by atoms with van der Waals surface area (Å²) in [5.74, 6) is 0.833. The minimum absolute atomic E-state index is 0.112. The van der Waals surface area contributed by atoms with Crippen molar-refractivity contribution in [1.82, 2.24) is 10.3 Å². The second-order valence-electron chi connectivity index (χ2n) is 5.98. The monoisotopic (exact) mass is 348 g/mol. The van der Waals surface area contributed by atoms with Crippen molar-refractivity contribution in [3.63, 3.8) is 0 Å². The Labute approximate surface area is 134 Å². The number of hydrogen-bond donors (Lipinski definition) is 1. The summed E-state index contributed by atoms with van der Waals surface area (Å²) in [6.07, 6.45) is 1.77. The van der Waals surface area contributed by atoms with Crippen molar-refractivity contribution in [2.75, 3.05) is 0 Å². The van der Waals surface area contributed by atoms with Crippen LogP contribution in [0, 0.1) is 0 Å². The first kappa shape index (κ1) is 16.0. The van der Waals surface area contributed by atoms with Gasteiger partial charge in [0.1, 0.15) is 12.4 Å². The number of rotatable bonds is 5. The molecular weight excluding hydrogens is 328 g/mol. The topological polar surface area (TPSA) is 34.1 Å². The molecule has 2 rings (SSSR count). The van der Waals surface area contributed by atoms with Crippen molar-refractivity contribution < 1.29 is 4.74 Å². The highest BCUT2D eigenvalue weighted by Crippen LogP contribution is 2.26. The highest BCUT2D eigenvalue weighted by molar-refractivity contribution is 9.10. The van der Waals surface area contributed by atoms with Crippen LogP contribution >= 0.6 is 15.9 Å². The molecule has 0 unspecified atom stereocenters. The number of nitrogens with one attached hydrogen (secondary N) is 1. The fourth-order valence-electron chi connectivity index (χ4n) is 1.77. The number of halogens is 1. The van der Waals surface area contributed by atoms with Gasteiger partial charge in [0.15, 0.2) is 0 Å². The first-order valence-electron chi connectivity index (χ1n) is 7.00. The molecule has 0 saturated carbocycles. The third-order valence-electron chi connectivity index (χ3n) is 2.92. The third kappa shape index (κ3) is 5.48. The molecule has 112 valence electrons. The molecule has 0 radical (unpaired) electrons. The summed E-state index contributed by atoms with van der Waals surface area (Å²) in [5, 5.41) is 3.47. The molecule has 0 atom stereocenters. The fraction of sp³-hybridized carbons (Fsp3) is 0.353. The Morgan fingerprint density at radius 2 is 2.00 bits per heavy atom. The van der Waals surface area contributed by atoms with Crippen LogP contribution in [0.5, 0.6) is 5.75 Å². The van der Waals surface area contributed by atoms with Gasteiger partial charge in [0.2, 0.25) is 0 Å². The van der Waals surface area contributed by atoms with Gasteiger partial charge in [0.25, 0.3) is 0 Å². The maximum absolute atomic E-state index is 5.79. The van der Waals surface area contributed by atoms with Crippen molar-refractivity contribution in [3.05, 3.63) is 58.3 Å². The van der Waals surface area contributed by atoms with E-state index >= 15 is 0 Å². The van der Waals surface area contributed by atoms with E-state index in [4.69, 9.17) is 4.74 Å². The van der Waals surface area contributed by atoms with Crippen LogP contribution in [-0.2, 0) is 13.2 Å². The Morgan fingerprint density at radius 3 is 2.62 bits per heavy atom. The van der Waals surface area contributed by atoms with Crippen molar-refractivity contribution in [1.29, 1.82) is 0 Å². The lowest BCUT2D eigenvalue weighted by atomic mass is 10.1. The summed E-state index contributed by atoms with van der Waals surface area (Å²) in [6, 6.07) is 12.0. The van der Waals surface area contributed by atoms with Crippen molar-refractivity contribution in [2.24, 2.45) is 0 Å². The molecule has 0 fully saturated rings. The molecule has 0 spiro atoms. The second kappa shape index (κ2) is 7.05. The van der Waals surface area contributed by atoms with Gasteiger partial charge in [-0.3, -0.25) is 4.98 Å². The first-order chi connectivity index (χ1) is 9.94. The minimum Gasteiger partial charge on any atom is -0.486 e. The van der Waals surface area contributed by atoms with E-state index < -0.39 is 0 Å². The van der Waals surface area contributed by atoms with E-state index in [1.807, 2.05) is 24.3 Å². The van der Waals surface area contributed by atoms with Crippen LogP contribution in [0.1, 0.15) is 32.0 Å². The zero-order valence-electron chi connectivity index (χ0n) is 12.7. The first-order valence-corrected chi connectivity index (χ1v) is 7.79. The second-order valence-corrected chi connectivity index (χ2v) is 6.83. The molecule has 0 bridgehead atoms.